The molecule has 0 aliphatic heterocycles. The molecule has 0 aliphatic carbocycles. The van der Waals surface area contributed by atoms with Crippen LogP contribution in [-0.2, 0) is 4.74 Å². The summed E-state index contributed by atoms with van der Waals surface area (Å²) in [5.41, 5.74) is 0.723. The molecule has 0 aliphatic rings. The fourth-order valence-corrected chi connectivity index (χ4v) is 2.33. The average molecular weight is 327 g/mol. The van der Waals surface area contributed by atoms with Gasteiger partial charge in [-0.15, -0.1) is 11.6 Å². The second-order valence-corrected chi connectivity index (χ2v) is 8.23. The highest BCUT2D eigenvalue weighted by Gasteiger charge is 2.38. The zero-order chi connectivity index (χ0) is 17.0. The molecule has 2 nitrogen and oxygen atoms in total. The first-order valence-electron chi connectivity index (χ1n) is 8.17. The summed E-state index contributed by atoms with van der Waals surface area (Å²) in [7, 11) is 0. The van der Waals surface area contributed by atoms with Crippen LogP contribution in [0.15, 0.2) is 30.3 Å². The number of hydrogen-bond acceptors (Lipinski definition) is 2. The third-order valence-corrected chi connectivity index (χ3v) is 5.54. The number of hydrogen-bond donors (Lipinski definition) is 1. The Kier molecular flexibility index (Phi) is 6.91. The molecule has 0 spiro atoms. The van der Waals surface area contributed by atoms with Gasteiger partial charge in [-0.1, -0.05) is 65.0 Å². The molecule has 0 saturated heterocycles. The molecular formula is C19H31ClO2. The van der Waals surface area contributed by atoms with Crippen molar-refractivity contribution in [1.82, 2.24) is 0 Å². The number of aliphatic hydroxyl groups is 1. The fraction of sp³-hybridized carbons (Fsp3) is 0.684. The minimum atomic E-state index is -0.920. The van der Waals surface area contributed by atoms with E-state index in [0.717, 1.165) is 12.0 Å². The molecule has 1 aromatic rings. The van der Waals surface area contributed by atoms with Gasteiger partial charge in [0.15, 0.2) is 6.29 Å². The van der Waals surface area contributed by atoms with E-state index in [4.69, 9.17) is 16.3 Å². The summed E-state index contributed by atoms with van der Waals surface area (Å²) in [4.78, 5) is -0.354. The van der Waals surface area contributed by atoms with Crippen LogP contribution >= 0.6 is 11.6 Å². The number of benzene rings is 1. The minimum Gasteiger partial charge on any atom is -0.364 e. The highest BCUT2D eigenvalue weighted by atomic mass is 35.5. The molecule has 22 heavy (non-hydrogen) atoms. The van der Waals surface area contributed by atoms with Crippen molar-refractivity contribution >= 4 is 11.6 Å². The Labute approximate surface area is 140 Å². The van der Waals surface area contributed by atoms with Crippen LogP contribution in [0, 0.1) is 11.3 Å². The second kappa shape index (κ2) is 7.81. The predicted molar refractivity (Wildman–Crippen MR) is 94.1 cm³/mol. The molecule has 3 atom stereocenters. The molecule has 1 N–H and O–H groups in total. The van der Waals surface area contributed by atoms with Crippen LogP contribution in [0.5, 0.6) is 0 Å². The van der Waals surface area contributed by atoms with Gasteiger partial charge in [0.05, 0.1) is 6.10 Å². The zero-order valence-electron chi connectivity index (χ0n) is 14.8. The molecule has 0 heterocycles. The van der Waals surface area contributed by atoms with Crippen molar-refractivity contribution in [2.45, 2.75) is 71.7 Å². The lowest BCUT2D eigenvalue weighted by Gasteiger charge is -2.40. The first-order chi connectivity index (χ1) is 10.1. The number of ether oxygens (including phenoxy) is 1. The quantitative estimate of drug-likeness (QED) is 0.502. The van der Waals surface area contributed by atoms with Gasteiger partial charge in [-0.2, -0.15) is 0 Å². The summed E-state index contributed by atoms with van der Waals surface area (Å²) in [5, 5.41) is 10.4. The number of rotatable bonds is 8. The number of aliphatic hydroxyl groups excluding tert-OH is 1. The Morgan fingerprint density at radius 1 is 1.14 bits per heavy atom. The third-order valence-electron chi connectivity index (χ3n) is 4.95. The van der Waals surface area contributed by atoms with Gasteiger partial charge in [0.2, 0.25) is 0 Å². The second-order valence-electron chi connectivity index (χ2n) is 7.37. The van der Waals surface area contributed by atoms with E-state index in [-0.39, 0.29) is 16.4 Å². The molecule has 0 amide bonds. The summed E-state index contributed by atoms with van der Waals surface area (Å²) in [6.45, 7) is 12.8. The normalized spacial score (nSPS) is 18.0. The smallest absolute Gasteiger partial charge is 0.181 e. The van der Waals surface area contributed by atoms with Crippen molar-refractivity contribution in [3.63, 3.8) is 0 Å². The first-order valence-corrected chi connectivity index (χ1v) is 8.55. The third kappa shape index (κ3) is 5.26. The van der Waals surface area contributed by atoms with Crippen molar-refractivity contribution < 1.29 is 9.84 Å². The lowest BCUT2D eigenvalue weighted by molar-refractivity contribution is -0.176. The van der Waals surface area contributed by atoms with E-state index in [2.05, 4.69) is 41.5 Å². The van der Waals surface area contributed by atoms with Crippen LogP contribution in [0.1, 0.15) is 66.2 Å². The van der Waals surface area contributed by atoms with Crippen LogP contribution in [0.2, 0.25) is 0 Å². The molecule has 3 heteroatoms. The van der Waals surface area contributed by atoms with Gasteiger partial charge in [0, 0.05) is 10.4 Å². The number of halogens is 1. The zero-order valence-corrected chi connectivity index (χ0v) is 15.5. The van der Waals surface area contributed by atoms with E-state index in [1.165, 1.54) is 0 Å². The average Bonchev–Trinajstić information content (AvgIpc) is 2.47. The summed E-state index contributed by atoms with van der Waals surface area (Å²) < 4.78 is 6.05. The van der Waals surface area contributed by atoms with Crippen LogP contribution in [0.4, 0.5) is 0 Å². The van der Waals surface area contributed by atoms with Gasteiger partial charge in [-0.05, 0) is 31.1 Å². The van der Waals surface area contributed by atoms with Crippen molar-refractivity contribution in [2.24, 2.45) is 11.3 Å². The van der Waals surface area contributed by atoms with E-state index in [1.54, 1.807) is 0 Å². The lowest BCUT2D eigenvalue weighted by atomic mass is 9.77. The van der Waals surface area contributed by atoms with Crippen LogP contribution in [0.25, 0.3) is 0 Å². The molecule has 3 unspecified atom stereocenters. The Bertz CT molecular complexity index is 440. The van der Waals surface area contributed by atoms with E-state index >= 15 is 0 Å². The van der Waals surface area contributed by atoms with Gasteiger partial charge >= 0.3 is 0 Å². The lowest BCUT2D eigenvalue weighted by Crippen LogP contribution is -2.40. The molecule has 0 saturated carbocycles. The van der Waals surface area contributed by atoms with Crippen molar-refractivity contribution in [1.29, 1.82) is 0 Å². The maximum absolute atomic E-state index is 10.4. The molecular weight excluding hydrogens is 296 g/mol. The Morgan fingerprint density at radius 3 is 2.14 bits per heavy atom. The first kappa shape index (κ1) is 19.5. The Hall–Kier alpha value is -0.570. The maximum atomic E-state index is 10.4. The topological polar surface area (TPSA) is 29.5 Å². The van der Waals surface area contributed by atoms with Crippen molar-refractivity contribution in [3.05, 3.63) is 35.9 Å². The fourth-order valence-electron chi connectivity index (χ4n) is 2.19. The number of alkyl halides is 1. The van der Waals surface area contributed by atoms with Crippen LogP contribution in [-0.4, -0.2) is 16.1 Å². The summed E-state index contributed by atoms with van der Waals surface area (Å²) in [6.07, 6.45) is 0.635. The molecule has 1 rings (SSSR count). The molecule has 0 radical (unpaired) electrons. The van der Waals surface area contributed by atoms with Crippen molar-refractivity contribution in [3.8, 4) is 0 Å². The summed E-state index contributed by atoms with van der Waals surface area (Å²) in [6, 6.07) is 9.49. The molecule has 0 fully saturated rings. The van der Waals surface area contributed by atoms with E-state index < -0.39 is 6.29 Å². The molecule has 126 valence electrons. The van der Waals surface area contributed by atoms with E-state index in [0.29, 0.717) is 12.3 Å². The van der Waals surface area contributed by atoms with Gasteiger partial charge in [0.1, 0.15) is 0 Å². The predicted octanol–water partition coefficient (Wildman–Crippen LogP) is 5.54. The monoisotopic (exact) mass is 326 g/mol. The van der Waals surface area contributed by atoms with Crippen LogP contribution < -0.4 is 0 Å². The van der Waals surface area contributed by atoms with Crippen molar-refractivity contribution in [2.75, 3.05) is 0 Å². The molecule has 0 aromatic heterocycles. The van der Waals surface area contributed by atoms with Gasteiger partial charge in [-0.3, -0.25) is 0 Å². The Balaban J connectivity index is 2.92. The van der Waals surface area contributed by atoms with Gasteiger partial charge in [0.25, 0.3) is 0 Å². The highest BCUT2D eigenvalue weighted by Crippen LogP contribution is 2.40. The molecule has 1 aromatic carbocycles. The Morgan fingerprint density at radius 2 is 1.68 bits per heavy atom. The van der Waals surface area contributed by atoms with Gasteiger partial charge < -0.3 is 9.84 Å². The maximum Gasteiger partial charge on any atom is 0.181 e. The summed E-state index contributed by atoms with van der Waals surface area (Å²) in [5.74, 6) is 0.335. The minimum absolute atomic E-state index is 0.0548. The van der Waals surface area contributed by atoms with E-state index in [1.807, 2.05) is 30.3 Å². The van der Waals surface area contributed by atoms with Gasteiger partial charge in [-0.25, -0.2) is 0 Å². The highest BCUT2D eigenvalue weighted by molar-refractivity contribution is 6.23. The standard InChI is InChI=1S/C19H31ClO2/c1-7-18(4,5)16(13-19(6,20)14(2)3)22-17(21)15-11-9-8-10-12-15/h8-12,14,16-17,21H,7,13H2,1-6H3. The van der Waals surface area contributed by atoms with E-state index in [9.17, 15) is 5.11 Å². The largest absolute Gasteiger partial charge is 0.364 e. The summed E-state index contributed by atoms with van der Waals surface area (Å²) >= 11 is 6.70. The molecule has 0 bridgehead atoms. The SMILES string of the molecule is CCC(C)(C)C(CC(C)(Cl)C(C)C)OC(O)c1ccccc1. The van der Waals surface area contributed by atoms with Crippen LogP contribution in [0.3, 0.4) is 0 Å².